The lowest BCUT2D eigenvalue weighted by molar-refractivity contribution is -0.125. The average Bonchev–Trinajstić information content (AvgIpc) is 2.99. The molecule has 0 radical (unpaired) electrons. The van der Waals surface area contributed by atoms with Gasteiger partial charge in [-0.25, -0.2) is 10.4 Å². The van der Waals surface area contributed by atoms with E-state index in [1.807, 2.05) is 24.3 Å². The lowest BCUT2D eigenvalue weighted by Crippen LogP contribution is -2.48. The first kappa shape index (κ1) is 13.9. The topological polar surface area (TPSA) is 82.7 Å². The Morgan fingerprint density at radius 1 is 1.22 bits per heavy atom. The Labute approximate surface area is 133 Å². The van der Waals surface area contributed by atoms with Crippen molar-refractivity contribution in [3.05, 3.63) is 48.2 Å². The minimum Gasteiger partial charge on any atom is -0.337 e. The number of rotatable bonds is 2. The third-order valence-corrected chi connectivity index (χ3v) is 4.22. The van der Waals surface area contributed by atoms with Gasteiger partial charge in [-0.15, -0.1) is 0 Å². The molecule has 1 aliphatic heterocycles. The number of hydrazine groups is 1. The Bertz CT molecular complexity index is 858. The zero-order chi connectivity index (χ0) is 15.8. The maximum atomic E-state index is 11.4. The lowest BCUT2D eigenvalue weighted by Gasteiger charge is -2.30. The summed E-state index contributed by atoms with van der Waals surface area (Å²) >= 11 is 0. The van der Waals surface area contributed by atoms with Gasteiger partial charge < -0.3 is 4.98 Å². The van der Waals surface area contributed by atoms with E-state index in [-0.39, 0.29) is 17.9 Å². The Balaban J connectivity index is 1.70. The molecule has 0 saturated carbocycles. The van der Waals surface area contributed by atoms with Crippen LogP contribution in [0.4, 0.5) is 0 Å². The van der Waals surface area contributed by atoms with Gasteiger partial charge in [0.15, 0.2) is 5.82 Å². The van der Waals surface area contributed by atoms with E-state index in [9.17, 15) is 4.79 Å². The standard InChI is InChI=1S/C17H17N5O/c1-10-8-15(23)21-22-16(10)11-5-6-12-14(9-11)20-17(19-12)13-4-2-3-7-18-13/h2-7,9-10,16,22H,8H2,1H3,(H,19,20)(H,21,23). The van der Waals surface area contributed by atoms with Gasteiger partial charge >= 0.3 is 0 Å². The maximum Gasteiger partial charge on any atom is 0.234 e. The minimum atomic E-state index is 0.0359. The number of pyridine rings is 1. The third-order valence-electron chi connectivity index (χ3n) is 4.22. The number of H-pyrrole nitrogens is 1. The fourth-order valence-corrected chi connectivity index (χ4v) is 3.02. The smallest absolute Gasteiger partial charge is 0.234 e. The molecule has 1 amide bonds. The van der Waals surface area contributed by atoms with Crippen LogP contribution in [0, 0.1) is 5.92 Å². The number of nitrogens with one attached hydrogen (secondary N) is 3. The van der Waals surface area contributed by atoms with Gasteiger partial charge in [0, 0.05) is 12.6 Å². The number of nitrogens with zero attached hydrogens (tertiary/aromatic N) is 2. The predicted molar refractivity (Wildman–Crippen MR) is 87.1 cm³/mol. The van der Waals surface area contributed by atoms with Crippen LogP contribution in [0.5, 0.6) is 0 Å². The van der Waals surface area contributed by atoms with Crippen LogP contribution in [0.15, 0.2) is 42.6 Å². The molecule has 4 rings (SSSR count). The Morgan fingerprint density at radius 3 is 2.91 bits per heavy atom. The second-order valence-electron chi connectivity index (χ2n) is 5.93. The number of aromatic nitrogens is 3. The number of amides is 1. The molecule has 0 aliphatic carbocycles. The minimum absolute atomic E-state index is 0.0359. The molecular formula is C17H17N5O. The molecule has 6 nitrogen and oxygen atoms in total. The average molecular weight is 307 g/mol. The van der Waals surface area contributed by atoms with Crippen molar-refractivity contribution >= 4 is 16.9 Å². The van der Waals surface area contributed by atoms with Gasteiger partial charge in [0.05, 0.1) is 17.1 Å². The number of carbonyl (C=O) groups excluding carboxylic acids is 1. The molecule has 116 valence electrons. The fourth-order valence-electron chi connectivity index (χ4n) is 3.02. The molecule has 0 spiro atoms. The molecule has 6 heteroatoms. The predicted octanol–water partition coefficient (Wildman–Crippen LogP) is 2.33. The molecule has 1 aromatic carbocycles. The number of fused-ring (bicyclic) bond motifs is 1. The van der Waals surface area contributed by atoms with Gasteiger partial charge in [-0.3, -0.25) is 15.2 Å². The second kappa shape index (κ2) is 5.48. The van der Waals surface area contributed by atoms with Crippen molar-refractivity contribution in [1.82, 2.24) is 25.8 Å². The fraction of sp³-hybridized carbons (Fsp3) is 0.235. The van der Waals surface area contributed by atoms with Crippen molar-refractivity contribution in [2.24, 2.45) is 5.92 Å². The molecule has 1 fully saturated rings. The lowest BCUT2D eigenvalue weighted by atomic mass is 9.90. The highest BCUT2D eigenvalue weighted by atomic mass is 16.2. The van der Waals surface area contributed by atoms with Crippen LogP contribution in [0.1, 0.15) is 24.9 Å². The molecule has 1 saturated heterocycles. The van der Waals surface area contributed by atoms with Gasteiger partial charge in [-0.1, -0.05) is 19.1 Å². The van der Waals surface area contributed by atoms with E-state index in [2.05, 4.69) is 44.9 Å². The van der Waals surface area contributed by atoms with Gasteiger partial charge in [0.2, 0.25) is 5.91 Å². The molecule has 3 heterocycles. The van der Waals surface area contributed by atoms with Gasteiger partial charge in [-0.05, 0) is 35.7 Å². The van der Waals surface area contributed by atoms with Crippen LogP contribution >= 0.6 is 0 Å². The van der Waals surface area contributed by atoms with Crippen LogP contribution in [-0.4, -0.2) is 20.9 Å². The molecule has 2 unspecified atom stereocenters. The van der Waals surface area contributed by atoms with E-state index >= 15 is 0 Å². The molecule has 3 N–H and O–H groups in total. The number of carbonyl (C=O) groups is 1. The van der Waals surface area contributed by atoms with Crippen molar-refractivity contribution < 1.29 is 4.79 Å². The van der Waals surface area contributed by atoms with E-state index in [4.69, 9.17) is 0 Å². The SMILES string of the molecule is CC1CC(=O)NNC1c1ccc2nc(-c3ccccn3)[nH]c2c1. The molecular weight excluding hydrogens is 290 g/mol. The summed E-state index contributed by atoms with van der Waals surface area (Å²) in [6.07, 6.45) is 2.28. The molecule has 23 heavy (non-hydrogen) atoms. The molecule has 2 aromatic heterocycles. The normalized spacial score (nSPS) is 21.3. The first-order chi connectivity index (χ1) is 11.2. The molecule has 0 bridgehead atoms. The van der Waals surface area contributed by atoms with E-state index in [1.165, 1.54) is 0 Å². The van der Waals surface area contributed by atoms with Gasteiger partial charge in [0.25, 0.3) is 0 Å². The summed E-state index contributed by atoms with van der Waals surface area (Å²) < 4.78 is 0. The highest BCUT2D eigenvalue weighted by Gasteiger charge is 2.26. The Kier molecular flexibility index (Phi) is 3.31. The van der Waals surface area contributed by atoms with E-state index < -0.39 is 0 Å². The summed E-state index contributed by atoms with van der Waals surface area (Å²) in [5, 5.41) is 0. The van der Waals surface area contributed by atoms with E-state index in [1.54, 1.807) is 6.20 Å². The van der Waals surface area contributed by atoms with Gasteiger partial charge in [-0.2, -0.15) is 0 Å². The maximum absolute atomic E-state index is 11.4. The summed E-state index contributed by atoms with van der Waals surface area (Å²) in [4.78, 5) is 23.7. The van der Waals surface area contributed by atoms with Crippen molar-refractivity contribution in [3.63, 3.8) is 0 Å². The van der Waals surface area contributed by atoms with E-state index in [0.29, 0.717) is 6.42 Å². The van der Waals surface area contributed by atoms with Crippen molar-refractivity contribution in [2.45, 2.75) is 19.4 Å². The summed E-state index contributed by atoms with van der Waals surface area (Å²) in [6, 6.07) is 12.0. The van der Waals surface area contributed by atoms with Crippen molar-refractivity contribution in [2.75, 3.05) is 0 Å². The van der Waals surface area contributed by atoms with Crippen molar-refractivity contribution in [3.8, 4) is 11.5 Å². The van der Waals surface area contributed by atoms with Crippen molar-refractivity contribution in [1.29, 1.82) is 0 Å². The number of benzene rings is 1. The van der Waals surface area contributed by atoms with E-state index in [0.717, 1.165) is 28.1 Å². The number of aromatic amines is 1. The monoisotopic (exact) mass is 307 g/mol. The highest BCUT2D eigenvalue weighted by molar-refractivity contribution is 5.80. The van der Waals surface area contributed by atoms with Crippen LogP contribution in [-0.2, 0) is 4.79 Å². The summed E-state index contributed by atoms with van der Waals surface area (Å²) in [7, 11) is 0. The van der Waals surface area contributed by atoms with Crippen LogP contribution in [0.3, 0.4) is 0 Å². The summed E-state index contributed by atoms with van der Waals surface area (Å²) in [6.45, 7) is 2.08. The first-order valence-corrected chi connectivity index (χ1v) is 7.66. The third kappa shape index (κ3) is 2.57. The second-order valence-corrected chi connectivity index (χ2v) is 5.93. The largest absolute Gasteiger partial charge is 0.337 e. The van der Waals surface area contributed by atoms with Crippen LogP contribution in [0.2, 0.25) is 0 Å². The first-order valence-electron chi connectivity index (χ1n) is 7.66. The zero-order valence-corrected chi connectivity index (χ0v) is 12.7. The number of hydrogen-bond acceptors (Lipinski definition) is 4. The molecule has 2 atom stereocenters. The summed E-state index contributed by atoms with van der Waals surface area (Å²) in [5.74, 6) is 1.03. The number of hydrogen-bond donors (Lipinski definition) is 3. The van der Waals surface area contributed by atoms with Crippen LogP contribution in [0.25, 0.3) is 22.6 Å². The summed E-state index contributed by atoms with van der Waals surface area (Å²) in [5.41, 5.74) is 9.63. The van der Waals surface area contributed by atoms with Crippen LogP contribution < -0.4 is 10.9 Å². The quantitative estimate of drug-likeness (QED) is 0.678. The Hall–Kier alpha value is -2.73. The highest BCUT2D eigenvalue weighted by Crippen LogP contribution is 2.29. The van der Waals surface area contributed by atoms with Gasteiger partial charge in [0.1, 0.15) is 5.69 Å². The Morgan fingerprint density at radius 2 is 2.13 bits per heavy atom. The zero-order valence-electron chi connectivity index (χ0n) is 12.7. The molecule has 1 aliphatic rings. The molecule has 3 aromatic rings. The number of imidazole rings is 1.